The third kappa shape index (κ3) is 3.84. The zero-order valence-corrected chi connectivity index (χ0v) is 10.5. The number of hydrogen-bond acceptors (Lipinski definition) is 3. The summed E-state index contributed by atoms with van der Waals surface area (Å²) in [5, 5.41) is 12.2. The first-order chi connectivity index (χ1) is 8.97. The average Bonchev–Trinajstić information content (AvgIpc) is 2.54. The van der Waals surface area contributed by atoms with Gasteiger partial charge in [-0.2, -0.15) is 13.2 Å². The number of nitrogens with zero attached hydrogens (tertiary/aromatic N) is 1. The van der Waals surface area contributed by atoms with Crippen LogP contribution < -0.4 is 5.32 Å². The van der Waals surface area contributed by atoms with Crippen molar-refractivity contribution in [2.75, 3.05) is 19.6 Å². The Hall–Kier alpha value is -1.27. The van der Waals surface area contributed by atoms with Crippen LogP contribution in [0.25, 0.3) is 0 Å². The summed E-state index contributed by atoms with van der Waals surface area (Å²) in [7, 11) is 0. The maximum Gasteiger partial charge on any atom is 0.405 e. The van der Waals surface area contributed by atoms with Crippen LogP contribution in [0, 0.1) is 0 Å². The molecule has 0 spiro atoms. The molecular weight excluding hydrogens is 257 g/mol. The Bertz CT molecular complexity index is 423. The van der Waals surface area contributed by atoms with Gasteiger partial charge in [0.25, 0.3) is 0 Å². The zero-order valence-electron chi connectivity index (χ0n) is 10.5. The lowest BCUT2D eigenvalue weighted by molar-refractivity contribution is -0.182. The molecule has 0 bridgehead atoms. The van der Waals surface area contributed by atoms with Crippen molar-refractivity contribution in [1.29, 1.82) is 0 Å². The van der Waals surface area contributed by atoms with Gasteiger partial charge in [-0.15, -0.1) is 0 Å². The van der Waals surface area contributed by atoms with Crippen LogP contribution >= 0.6 is 0 Å². The minimum atomic E-state index is -4.24. The number of hydrogen-bond donors (Lipinski definition) is 2. The van der Waals surface area contributed by atoms with Crippen molar-refractivity contribution in [1.82, 2.24) is 10.2 Å². The zero-order chi connectivity index (χ0) is 13.9. The predicted octanol–water partition coefficient (Wildman–Crippen LogP) is 2.12. The summed E-state index contributed by atoms with van der Waals surface area (Å²) in [6, 6.07) is 4.91. The first-order valence-electron chi connectivity index (χ1n) is 6.26. The van der Waals surface area contributed by atoms with E-state index in [0.717, 1.165) is 0 Å². The standard InChI is InChI=1S/C13H17F3N2O/c14-13(15,16)12-8-17-5-2-6-18(12)9-10-3-1-4-11(19)7-10/h1,3-4,7,12,17,19H,2,5-6,8-9H2. The highest BCUT2D eigenvalue weighted by Gasteiger charge is 2.43. The molecule has 1 fully saturated rings. The minimum Gasteiger partial charge on any atom is -0.508 e. The average molecular weight is 274 g/mol. The third-order valence-corrected chi connectivity index (χ3v) is 3.25. The van der Waals surface area contributed by atoms with Gasteiger partial charge >= 0.3 is 6.18 Å². The number of nitrogens with one attached hydrogen (secondary N) is 1. The molecule has 2 rings (SSSR count). The number of phenols is 1. The molecule has 0 amide bonds. The number of rotatable bonds is 2. The van der Waals surface area contributed by atoms with E-state index in [2.05, 4.69) is 5.32 Å². The van der Waals surface area contributed by atoms with E-state index in [1.54, 1.807) is 12.1 Å². The Morgan fingerprint density at radius 1 is 1.37 bits per heavy atom. The van der Waals surface area contributed by atoms with Crippen LogP contribution in [0.4, 0.5) is 13.2 Å². The summed E-state index contributed by atoms with van der Waals surface area (Å²) < 4.78 is 39.1. The molecule has 19 heavy (non-hydrogen) atoms. The van der Waals surface area contributed by atoms with Gasteiger partial charge in [0, 0.05) is 19.6 Å². The van der Waals surface area contributed by atoms with Gasteiger partial charge in [0.05, 0.1) is 0 Å². The highest BCUT2D eigenvalue weighted by Crippen LogP contribution is 2.27. The van der Waals surface area contributed by atoms with Gasteiger partial charge < -0.3 is 10.4 Å². The van der Waals surface area contributed by atoms with E-state index in [9.17, 15) is 18.3 Å². The summed E-state index contributed by atoms with van der Waals surface area (Å²) in [6.45, 7) is 1.11. The highest BCUT2D eigenvalue weighted by atomic mass is 19.4. The van der Waals surface area contributed by atoms with Gasteiger partial charge in [0.2, 0.25) is 0 Å². The van der Waals surface area contributed by atoms with Crippen LogP contribution in [0.15, 0.2) is 24.3 Å². The topological polar surface area (TPSA) is 35.5 Å². The molecule has 1 aromatic carbocycles. The van der Waals surface area contributed by atoms with Crippen LogP contribution in [0.1, 0.15) is 12.0 Å². The van der Waals surface area contributed by atoms with E-state index in [1.165, 1.54) is 17.0 Å². The van der Waals surface area contributed by atoms with Crippen molar-refractivity contribution in [3.63, 3.8) is 0 Å². The monoisotopic (exact) mass is 274 g/mol. The Morgan fingerprint density at radius 2 is 2.16 bits per heavy atom. The lowest BCUT2D eigenvalue weighted by Gasteiger charge is -2.31. The molecule has 1 unspecified atom stereocenters. The molecule has 1 aromatic rings. The number of phenolic OH excluding ortho intramolecular Hbond substituents is 1. The number of alkyl halides is 3. The predicted molar refractivity (Wildman–Crippen MR) is 65.8 cm³/mol. The van der Waals surface area contributed by atoms with E-state index < -0.39 is 12.2 Å². The van der Waals surface area contributed by atoms with Gasteiger partial charge in [-0.05, 0) is 30.7 Å². The van der Waals surface area contributed by atoms with Crippen LogP contribution in [0.2, 0.25) is 0 Å². The van der Waals surface area contributed by atoms with Crippen LogP contribution in [0.5, 0.6) is 5.75 Å². The van der Waals surface area contributed by atoms with Gasteiger partial charge in [0.1, 0.15) is 11.8 Å². The van der Waals surface area contributed by atoms with Crippen molar-refractivity contribution < 1.29 is 18.3 Å². The van der Waals surface area contributed by atoms with E-state index in [0.29, 0.717) is 25.1 Å². The molecule has 0 saturated carbocycles. The second kappa shape index (κ2) is 5.79. The van der Waals surface area contributed by atoms with E-state index >= 15 is 0 Å². The summed E-state index contributed by atoms with van der Waals surface area (Å²) in [5.41, 5.74) is 0.691. The fourth-order valence-electron chi connectivity index (χ4n) is 2.33. The smallest absolute Gasteiger partial charge is 0.405 e. The Labute approximate surface area is 110 Å². The summed E-state index contributed by atoms with van der Waals surface area (Å²) in [6.07, 6.45) is -3.56. The van der Waals surface area contributed by atoms with Crippen molar-refractivity contribution >= 4 is 0 Å². The second-order valence-electron chi connectivity index (χ2n) is 4.76. The summed E-state index contributed by atoms with van der Waals surface area (Å²) in [4.78, 5) is 1.43. The van der Waals surface area contributed by atoms with E-state index in [4.69, 9.17) is 0 Å². The molecule has 0 aliphatic carbocycles. The molecule has 1 aliphatic rings. The lowest BCUT2D eigenvalue weighted by Crippen LogP contribution is -2.49. The molecular formula is C13H17F3N2O. The Balaban J connectivity index is 2.14. The van der Waals surface area contributed by atoms with Crippen molar-refractivity contribution in [3.05, 3.63) is 29.8 Å². The molecule has 106 valence electrons. The first-order valence-corrected chi connectivity index (χ1v) is 6.26. The largest absolute Gasteiger partial charge is 0.508 e. The van der Waals surface area contributed by atoms with E-state index in [-0.39, 0.29) is 18.8 Å². The van der Waals surface area contributed by atoms with E-state index in [1.807, 2.05) is 0 Å². The molecule has 1 saturated heterocycles. The quantitative estimate of drug-likeness (QED) is 0.867. The molecule has 3 nitrogen and oxygen atoms in total. The van der Waals surface area contributed by atoms with Crippen LogP contribution in [0.3, 0.4) is 0 Å². The Kier molecular flexibility index (Phi) is 4.31. The summed E-state index contributed by atoms with van der Waals surface area (Å²) >= 11 is 0. The van der Waals surface area contributed by atoms with Gasteiger partial charge in [-0.3, -0.25) is 4.90 Å². The lowest BCUT2D eigenvalue weighted by atomic mass is 10.1. The highest BCUT2D eigenvalue weighted by molar-refractivity contribution is 5.27. The van der Waals surface area contributed by atoms with Gasteiger partial charge in [0.15, 0.2) is 0 Å². The third-order valence-electron chi connectivity index (χ3n) is 3.25. The minimum absolute atomic E-state index is 0.0778. The first kappa shape index (κ1) is 14.1. The second-order valence-corrected chi connectivity index (χ2v) is 4.76. The molecule has 0 aromatic heterocycles. The molecule has 0 radical (unpaired) electrons. The normalized spacial score (nSPS) is 22.2. The van der Waals surface area contributed by atoms with Crippen molar-refractivity contribution in [2.45, 2.75) is 25.2 Å². The Morgan fingerprint density at radius 3 is 2.84 bits per heavy atom. The molecule has 2 N–H and O–H groups in total. The maximum atomic E-state index is 13.0. The summed E-state index contributed by atoms with van der Waals surface area (Å²) in [5.74, 6) is 0.0778. The fourth-order valence-corrected chi connectivity index (χ4v) is 2.33. The number of aromatic hydroxyl groups is 1. The van der Waals surface area contributed by atoms with Crippen molar-refractivity contribution in [3.8, 4) is 5.75 Å². The van der Waals surface area contributed by atoms with Gasteiger partial charge in [-0.1, -0.05) is 12.1 Å². The molecule has 1 aliphatic heterocycles. The maximum absolute atomic E-state index is 13.0. The van der Waals surface area contributed by atoms with Gasteiger partial charge in [-0.25, -0.2) is 0 Å². The molecule has 1 atom stereocenters. The molecule has 6 heteroatoms. The SMILES string of the molecule is Oc1cccc(CN2CCCNCC2C(F)(F)F)c1. The molecule has 1 heterocycles. The van der Waals surface area contributed by atoms with Crippen LogP contribution in [-0.2, 0) is 6.54 Å². The fraction of sp³-hybridized carbons (Fsp3) is 0.538. The van der Waals surface area contributed by atoms with Crippen LogP contribution in [-0.4, -0.2) is 41.9 Å². The number of halogens is 3. The van der Waals surface area contributed by atoms with Crippen molar-refractivity contribution in [2.24, 2.45) is 0 Å². The number of benzene rings is 1.